The maximum absolute atomic E-state index is 11.7. The summed E-state index contributed by atoms with van der Waals surface area (Å²) in [6.45, 7) is 8.55. The van der Waals surface area contributed by atoms with E-state index in [0.29, 0.717) is 13.1 Å². The number of β-amino-alcohol motifs (C(OH)–C–C–N with tert-alkyl or cyclic N) is 1. The number of aliphatic hydroxyl groups excluding tert-OH is 1. The lowest BCUT2D eigenvalue weighted by molar-refractivity contribution is 0.0270. The van der Waals surface area contributed by atoms with Crippen LogP contribution in [0.5, 0.6) is 0 Å². The highest BCUT2D eigenvalue weighted by Gasteiger charge is 2.34. The standard InChI is InChI=1S/C11H21NO3/c1-5-8-6-12(7-9(8)13)10(14)15-11(2,3)4/h8-9,13H,5-7H2,1-4H3/t8-,9+/m1/s1. The topological polar surface area (TPSA) is 49.8 Å². The maximum atomic E-state index is 11.7. The number of hydrogen-bond acceptors (Lipinski definition) is 3. The zero-order valence-corrected chi connectivity index (χ0v) is 9.99. The summed E-state index contributed by atoms with van der Waals surface area (Å²) in [5, 5.41) is 9.66. The Kier molecular flexibility index (Phi) is 3.60. The first-order chi connectivity index (χ1) is 6.83. The minimum atomic E-state index is -0.466. The summed E-state index contributed by atoms with van der Waals surface area (Å²) in [5.41, 5.74) is -0.466. The zero-order valence-electron chi connectivity index (χ0n) is 9.99. The van der Waals surface area contributed by atoms with Crippen LogP contribution >= 0.6 is 0 Å². The van der Waals surface area contributed by atoms with Crippen molar-refractivity contribution >= 4 is 6.09 Å². The number of carbonyl (C=O) groups is 1. The van der Waals surface area contributed by atoms with Gasteiger partial charge in [-0.2, -0.15) is 0 Å². The van der Waals surface area contributed by atoms with Crippen LogP contribution < -0.4 is 0 Å². The van der Waals surface area contributed by atoms with E-state index in [0.717, 1.165) is 6.42 Å². The Bertz CT molecular complexity index is 234. The van der Waals surface area contributed by atoms with E-state index >= 15 is 0 Å². The van der Waals surface area contributed by atoms with Gasteiger partial charge in [-0.1, -0.05) is 6.92 Å². The van der Waals surface area contributed by atoms with E-state index in [1.54, 1.807) is 4.90 Å². The number of ether oxygens (including phenoxy) is 1. The Morgan fingerprint density at radius 1 is 1.47 bits per heavy atom. The highest BCUT2D eigenvalue weighted by atomic mass is 16.6. The molecular formula is C11H21NO3. The highest BCUT2D eigenvalue weighted by Crippen LogP contribution is 2.21. The van der Waals surface area contributed by atoms with Crippen molar-refractivity contribution in [1.29, 1.82) is 0 Å². The van der Waals surface area contributed by atoms with Crippen LogP contribution in [0.15, 0.2) is 0 Å². The average molecular weight is 215 g/mol. The summed E-state index contributed by atoms with van der Waals surface area (Å²) in [4.78, 5) is 13.2. The molecule has 0 aromatic heterocycles. The largest absolute Gasteiger partial charge is 0.444 e. The van der Waals surface area contributed by atoms with E-state index in [4.69, 9.17) is 4.74 Å². The van der Waals surface area contributed by atoms with Crippen molar-refractivity contribution in [3.05, 3.63) is 0 Å². The van der Waals surface area contributed by atoms with Crippen molar-refractivity contribution in [3.8, 4) is 0 Å². The van der Waals surface area contributed by atoms with Crippen molar-refractivity contribution in [1.82, 2.24) is 4.90 Å². The van der Waals surface area contributed by atoms with Crippen molar-refractivity contribution in [2.75, 3.05) is 13.1 Å². The van der Waals surface area contributed by atoms with Crippen LogP contribution in [0.3, 0.4) is 0 Å². The molecule has 0 bridgehead atoms. The molecule has 4 heteroatoms. The molecule has 1 amide bonds. The summed E-state index contributed by atoms with van der Waals surface area (Å²) in [6, 6.07) is 0. The molecule has 1 N–H and O–H groups in total. The van der Waals surface area contributed by atoms with Crippen LogP contribution in [-0.2, 0) is 4.74 Å². The summed E-state index contributed by atoms with van der Waals surface area (Å²) >= 11 is 0. The fraction of sp³-hybridized carbons (Fsp3) is 0.909. The number of aliphatic hydroxyl groups is 1. The van der Waals surface area contributed by atoms with Gasteiger partial charge in [0.1, 0.15) is 5.60 Å². The van der Waals surface area contributed by atoms with Crippen molar-refractivity contribution in [3.63, 3.8) is 0 Å². The Labute approximate surface area is 91.2 Å². The van der Waals surface area contributed by atoms with Crippen LogP contribution in [-0.4, -0.2) is 40.9 Å². The molecule has 88 valence electrons. The van der Waals surface area contributed by atoms with E-state index in [-0.39, 0.29) is 12.0 Å². The van der Waals surface area contributed by atoms with Gasteiger partial charge in [0.2, 0.25) is 0 Å². The van der Waals surface area contributed by atoms with E-state index in [1.165, 1.54) is 0 Å². The van der Waals surface area contributed by atoms with Gasteiger partial charge in [-0.25, -0.2) is 4.79 Å². The summed E-state index contributed by atoms with van der Waals surface area (Å²) < 4.78 is 5.24. The molecule has 2 atom stereocenters. The third-order valence-electron chi connectivity index (χ3n) is 2.58. The minimum absolute atomic E-state index is 0.192. The quantitative estimate of drug-likeness (QED) is 0.723. The number of likely N-dealkylation sites (tertiary alicyclic amines) is 1. The molecule has 0 saturated carbocycles. The summed E-state index contributed by atoms with van der Waals surface area (Å²) in [5.74, 6) is 0.192. The molecule has 1 aliphatic rings. The molecule has 15 heavy (non-hydrogen) atoms. The number of amides is 1. The number of carbonyl (C=O) groups excluding carboxylic acids is 1. The van der Waals surface area contributed by atoms with Crippen molar-refractivity contribution in [2.45, 2.75) is 45.8 Å². The van der Waals surface area contributed by atoms with E-state index in [9.17, 15) is 9.90 Å². The first-order valence-corrected chi connectivity index (χ1v) is 5.49. The molecule has 0 unspecified atom stereocenters. The van der Waals surface area contributed by atoms with Gasteiger partial charge >= 0.3 is 6.09 Å². The molecule has 0 radical (unpaired) electrons. The number of hydrogen-bond donors (Lipinski definition) is 1. The molecular weight excluding hydrogens is 194 g/mol. The van der Waals surface area contributed by atoms with E-state index < -0.39 is 11.7 Å². The third kappa shape index (κ3) is 3.38. The molecule has 0 aromatic carbocycles. The van der Waals surface area contributed by atoms with Crippen molar-refractivity contribution < 1.29 is 14.6 Å². The number of rotatable bonds is 1. The smallest absolute Gasteiger partial charge is 0.410 e. The molecule has 0 aromatic rings. The maximum Gasteiger partial charge on any atom is 0.410 e. The van der Waals surface area contributed by atoms with Gasteiger partial charge in [-0.3, -0.25) is 0 Å². The molecule has 0 spiro atoms. The summed E-state index contributed by atoms with van der Waals surface area (Å²) in [7, 11) is 0. The second-order valence-electron chi connectivity index (χ2n) is 5.12. The van der Waals surface area contributed by atoms with Crippen LogP contribution in [0, 0.1) is 5.92 Å². The van der Waals surface area contributed by atoms with Crippen LogP contribution in [0.1, 0.15) is 34.1 Å². The molecule has 1 saturated heterocycles. The lowest BCUT2D eigenvalue weighted by Gasteiger charge is -2.24. The van der Waals surface area contributed by atoms with Gasteiger partial charge in [0.15, 0.2) is 0 Å². The van der Waals surface area contributed by atoms with Gasteiger partial charge in [-0.15, -0.1) is 0 Å². The number of nitrogens with zero attached hydrogens (tertiary/aromatic N) is 1. The van der Waals surface area contributed by atoms with Gasteiger partial charge in [0.05, 0.1) is 12.6 Å². The van der Waals surface area contributed by atoms with Gasteiger partial charge in [0, 0.05) is 12.5 Å². The van der Waals surface area contributed by atoms with Gasteiger partial charge in [-0.05, 0) is 27.2 Å². The minimum Gasteiger partial charge on any atom is -0.444 e. The van der Waals surface area contributed by atoms with Crippen LogP contribution in [0.25, 0.3) is 0 Å². The molecule has 1 aliphatic heterocycles. The lowest BCUT2D eigenvalue weighted by atomic mass is 10.0. The normalized spacial score (nSPS) is 26.9. The summed E-state index contributed by atoms with van der Waals surface area (Å²) in [6.07, 6.45) is 0.167. The molecule has 1 heterocycles. The molecule has 0 aliphatic carbocycles. The Balaban J connectivity index is 2.50. The van der Waals surface area contributed by atoms with Crippen molar-refractivity contribution in [2.24, 2.45) is 5.92 Å². The van der Waals surface area contributed by atoms with Crippen LogP contribution in [0.2, 0.25) is 0 Å². The van der Waals surface area contributed by atoms with Gasteiger partial charge in [0.25, 0.3) is 0 Å². The second kappa shape index (κ2) is 4.39. The Hall–Kier alpha value is -0.770. The molecule has 4 nitrogen and oxygen atoms in total. The van der Waals surface area contributed by atoms with E-state index in [2.05, 4.69) is 0 Å². The first kappa shape index (κ1) is 12.3. The first-order valence-electron chi connectivity index (χ1n) is 5.49. The Morgan fingerprint density at radius 3 is 2.47 bits per heavy atom. The second-order valence-corrected chi connectivity index (χ2v) is 5.12. The Morgan fingerprint density at radius 2 is 2.07 bits per heavy atom. The average Bonchev–Trinajstić information content (AvgIpc) is 2.43. The monoisotopic (exact) mass is 215 g/mol. The van der Waals surface area contributed by atoms with Crippen LogP contribution in [0.4, 0.5) is 4.79 Å². The fourth-order valence-corrected chi connectivity index (χ4v) is 1.73. The molecule has 1 rings (SSSR count). The van der Waals surface area contributed by atoms with Gasteiger partial charge < -0.3 is 14.7 Å². The SMILES string of the molecule is CC[C@@H]1CN(C(=O)OC(C)(C)C)C[C@@H]1O. The fourth-order valence-electron chi connectivity index (χ4n) is 1.73. The predicted molar refractivity (Wildman–Crippen MR) is 57.6 cm³/mol. The highest BCUT2D eigenvalue weighted by molar-refractivity contribution is 5.68. The zero-order chi connectivity index (χ0) is 11.6. The molecule has 1 fully saturated rings. The lowest BCUT2D eigenvalue weighted by Crippen LogP contribution is -2.35. The predicted octanol–water partition coefficient (Wildman–Crippen LogP) is 1.62. The third-order valence-corrected chi connectivity index (χ3v) is 2.58. The van der Waals surface area contributed by atoms with E-state index in [1.807, 2.05) is 27.7 Å².